The maximum atomic E-state index is 11.7. The highest BCUT2D eigenvalue weighted by Gasteiger charge is 2.21. The van der Waals surface area contributed by atoms with Crippen LogP contribution in [0, 0.1) is 0 Å². The van der Waals surface area contributed by atoms with E-state index in [4.69, 9.17) is 4.74 Å². The van der Waals surface area contributed by atoms with E-state index in [2.05, 4.69) is 20.7 Å². The Hall–Kier alpha value is -1.18. The fraction of sp³-hybridized carbons (Fsp3) is 0.769. The van der Waals surface area contributed by atoms with Crippen LogP contribution >= 0.6 is 12.4 Å². The lowest BCUT2D eigenvalue weighted by atomic mass is 9.98. The molecule has 0 bridgehead atoms. The molecule has 0 atom stereocenters. The molecule has 120 valence electrons. The van der Waals surface area contributed by atoms with Crippen LogP contribution in [0.5, 0.6) is 0 Å². The second-order valence-electron chi connectivity index (χ2n) is 5.04. The van der Waals surface area contributed by atoms with Gasteiger partial charge in [-0.3, -0.25) is 10.1 Å². The number of aryl methyl sites for hydroxylation is 1. The first-order valence-corrected chi connectivity index (χ1v) is 7.20. The first-order valence-electron chi connectivity index (χ1n) is 7.20. The molecular weight excluding hydrogens is 294 g/mol. The molecule has 0 spiro atoms. The summed E-state index contributed by atoms with van der Waals surface area (Å²) >= 11 is 0. The molecule has 2 heterocycles. The number of carbonyl (C=O) groups excluding carboxylic acids is 1. The summed E-state index contributed by atoms with van der Waals surface area (Å²) < 4.78 is 6.82. The predicted octanol–water partition coefficient (Wildman–Crippen LogP) is 1.07. The molecule has 1 aromatic heterocycles. The van der Waals surface area contributed by atoms with Crippen molar-refractivity contribution in [2.24, 2.45) is 7.05 Å². The van der Waals surface area contributed by atoms with Gasteiger partial charge in [0.15, 0.2) is 5.82 Å². The molecule has 7 nitrogen and oxygen atoms in total. The molecule has 0 radical (unpaired) electrons. The van der Waals surface area contributed by atoms with Gasteiger partial charge in [0, 0.05) is 19.6 Å². The fourth-order valence-electron chi connectivity index (χ4n) is 2.24. The van der Waals surface area contributed by atoms with E-state index in [0.29, 0.717) is 18.5 Å². The van der Waals surface area contributed by atoms with Crippen LogP contribution in [0.3, 0.4) is 0 Å². The number of hydrogen-bond donors (Lipinski definition) is 2. The number of nitrogens with one attached hydrogen (secondary N) is 2. The maximum Gasteiger partial charge on any atom is 0.252 e. The highest BCUT2D eigenvalue weighted by atomic mass is 35.5. The Bertz CT molecular complexity index is 446. The summed E-state index contributed by atoms with van der Waals surface area (Å²) in [6.45, 7) is 4.65. The summed E-state index contributed by atoms with van der Waals surface area (Å²) in [6, 6.07) is 0. The molecule has 1 aliphatic heterocycles. The minimum atomic E-state index is -0.189. The maximum absolute atomic E-state index is 11.7. The molecule has 0 unspecified atom stereocenters. The number of piperidine rings is 1. The minimum Gasteiger partial charge on any atom is -0.372 e. The average molecular weight is 318 g/mol. The highest BCUT2D eigenvalue weighted by molar-refractivity contribution is 5.90. The van der Waals surface area contributed by atoms with Crippen molar-refractivity contribution in [3.05, 3.63) is 5.82 Å². The number of hydrogen-bond acceptors (Lipinski definition) is 5. The predicted molar refractivity (Wildman–Crippen MR) is 82.8 cm³/mol. The Morgan fingerprint density at radius 3 is 2.86 bits per heavy atom. The smallest absolute Gasteiger partial charge is 0.252 e. The summed E-state index contributed by atoms with van der Waals surface area (Å²) in [5.74, 6) is 1.50. The van der Waals surface area contributed by atoms with Crippen LogP contribution in [0.2, 0.25) is 0 Å². The third kappa shape index (κ3) is 5.26. The van der Waals surface area contributed by atoms with Crippen molar-refractivity contribution in [2.45, 2.75) is 32.1 Å². The summed E-state index contributed by atoms with van der Waals surface area (Å²) in [7, 11) is 1.79. The zero-order valence-corrected chi connectivity index (χ0v) is 13.4. The van der Waals surface area contributed by atoms with E-state index in [0.717, 1.165) is 38.2 Å². The Morgan fingerprint density at radius 2 is 2.19 bits per heavy atom. The topological polar surface area (TPSA) is 81.1 Å². The third-order valence-electron chi connectivity index (χ3n) is 3.32. The van der Waals surface area contributed by atoms with E-state index in [9.17, 15) is 4.79 Å². The lowest BCUT2D eigenvalue weighted by Gasteiger charge is -2.19. The average Bonchev–Trinajstić information content (AvgIpc) is 2.81. The molecule has 1 aromatic rings. The van der Waals surface area contributed by atoms with Crippen LogP contribution in [0.15, 0.2) is 0 Å². The van der Waals surface area contributed by atoms with Crippen LogP contribution in [0.1, 0.15) is 37.9 Å². The van der Waals surface area contributed by atoms with Crippen LogP contribution < -0.4 is 10.6 Å². The number of ether oxygens (including phenoxy) is 1. The van der Waals surface area contributed by atoms with Crippen molar-refractivity contribution in [2.75, 3.05) is 31.6 Å². The fourth-order valence-corrected chi connectivity index (χ4v) is 2.24. The van der Waals surface area contributed by atoms with Gasteiger partial charge in [-0.25, -0.2) is 4.68 Å². The monoisotopic (exact) mass is 317 g/mol. The molecule has 1 fully saturated rings. The molecule has 2 rings (SSSR count). The van der Waals surface area contributed by atoms with Gasteiger partial charge in [-0.15, -0.1) is 12.4 Å². The molecule has 1 aliphatic rings. The van der Waals surface area contributed by atoms with Gasteiger partial charge >= 0.3 is 0 Å². The zero-order valence-electron chi connectivity index (χ0n) is 12.6. The van der Waals surface area contributed by atoms with E-state index < -0.39 is 0 Å². The number of amides is 1. The van der Waals surface area contributed by atoms with Crippen LogP contribution in [-0.2, 0) is 16.6 Å². The van der Waals surface area contributed by atoms with Gasteiger partial charge in [-0.2, -0.15) is 10.1 Å². The lowest BCUT2D eigenvalue weighted by Crippen LogP contribution is -2.27. The molecule has 8 heteroatoms. The van der Waals surface area contributed by atoms with Gasteiger partial charge < -0.3 is 10.1 Å². The van der Waals surface area contributed by atoms with Crippen molar-refractivity contribution in [1.82, 2.24) is 20.1 Å². The molecule has 21 heavy (non-hydrogen) atoms. The van der Waals surface area contributed by atoms with Gasteiger partial charge in [-0.1, -0.05) is 6.92 Å². The third-order valence-corrected chi connectivity index (χ3v) is 3.32. The van der Waals surface area contributed by atoms with Crippen LogP contribution in [0.25, 0.3) is 0 Å². The quantitative estimate of drug-likeness (QED) is 0.767. The number of carbonyl (C=O) groups is 1. The Kier molecular flexibility index (Phi) is 7.63. The van der Waals surface area contributed by atoms with Gasteiger partial charge in [0.2, 0.25) is 5.95 Å². The Morgan fingerprint density at radius 1 is 1.48 bits per heavy atom. The summed E-state index contributed by atoms with van der Waals surface area (Å²) in [4.78, 5) is 16.1. The number of nitrogens with zero attached hydrogens (tertiary/aromatic N) is 3. The summed E-state index contributed by atoms with van der Waals surface area (Å²) in [5.41, 5.74) is 0. The standard InChI is InChI=1S/C13H23N5O2.ClH/c1-3-8-20-9-11(19)15-13-16-12(17-18(13)2)10-4-6-14-7-5-10;/h10,14H,3-9H2,1-2H3,(H,15,16,17,19);1H. The minimum absolute atomic E-state index is 0. The molecule has 2 N–H and O–H groups in total. The van der Waals surface area contributed by atoms with E-state index in [-0.39, 0.29) is 24.9 Å². The van der Waals surface area contributed by atoms with Gasteiger partial charge in [0.1, 0.15) is 6.61 Å². The van der Waals surface area contributed by atoms with E-state index >= 15 is 0 Å². The normalized spacial score (nSPS) is 15.5. The highest BCUT2D eigenvalue weighted by Crippen LogP contribution is 2.23. The Balaban J connectivity index is 0.00000220. The van der Waals surface area contributed by atoms with Gasteiger partial charge in [0.25, 0.3) is 5.91 Å². The second kappa shape index (κ2) is 8.96. The van der Waals surface area contributed by atoms with Gasteiger partial charge in [-0.05, 0) is 32.4 Å². The zero-order chi connectivity index (χ0) is 14.4. The van der Waals surface area contributed by atoms with E-state index in [1.807, 2.05) is 6.92 Å². The van der Waals surface area contributed by atoms with Crippen molar-refractivity contribution < 1.29 is 9.53 Å². The largest absolute Gasteiger partial charge is 0.372 e. The molecule has 0 aromatic carbocycles. The van der Waals surface area contributed by atoms with Crippen LogP contribution in [0.4, 0.5) is 5.95 Å². The number of rotatable bonds is 6. The number of aromatic nitrogens is 3. The van der Waals surface area contributed by atoms with Crippen LogP contribution in [-0.4, -0.2) is 47.0 Å². The first-order chi connectivity index (χ1) is 9.70. The summed E-state index contributed by atoms with van der Waals surface area (Å²) in [6.07, 6.45) is 2.98. The molecule has 0 saturated carbocycles. The second-order valence-corrected chi connectivity index (χ2v) is 5.04. The molecular formula is C13H24ClN5O2. The number of halogens is 1. The Labute approximate surface area is 131 Å². The van der Waals surface area contributed by atoms with E-state index in [1.165, 1.54) is 0 Å². The molecule has 1 saturated heterocycles. The lowest BCUT2D eigenvalue weighted by molar-refractivity contribution is -0.120. The van der Waals surface area contributed by atoms with Crippen molar-refractivity contribution in [3.8, 4) is 0 Å². The van der Waals surface area contributed by atoms with Crippen molar-refractivity contribution in [1.29, 1.82) is 0 Å². The first kappa shape index (κ1) is 17.9. The summed E-state index contributed by atoms with van der Waals surface area (Å²) in [5, 5.41) is 10.5. The number of anilines is 1. The van der Waals surface area contributed by atoms with Crippen molar-refractivity contribution in [3.63, 3.8) is 0 Å². The van der Waals surface area contributed by atoms with Crippen molar-refractivity contribution >= 4 is 24.3 Å². The van der Waals surface area contributed by atoms with Gasteiger partial charge in [0.05, 0.1) is 0 Å². The SMILES string of the molecule is CCCOCC(=O)Nc1nc(C2CCNCC2)nn1C.Cl. The molecule has 0 aliphatic carbocycles. The molecule has 1 amide bonds. The van der Waals surface area contributed by atoms with E-state index in [1.54, 1.807) is 11.7 Å².